The molecule has 0 fully saturated rings. The number of nitrogens with zero attached hydrogens (tertiary/aromatic N) is 2. The number of nitrogen functional groups attached to an aromatic ring is 2. The summed E-state index contributed by atoms with van der Waals surface area (Å²) in [6, 6.07) is 8.76. The van der Waals surface area contributed by atoms with Gasteiger partial charge < -0.3 is 16.2 Å². The Labute approximate surface area is 191 Å². The highest BCUT2D eigenvalue weighted by Gasteiger charge is 2.33. The SMILES string of the molecule is Cn1c(N)c(C(=O)COC(=O)c2ccc3c(c2N)C(=O)c2ccccc2C3=O)c(=O)n(C)c1=O. The van der Waals surface area contributed by atoms with Gasteiger partial charge in [-0.15, -0.1) is 0 Å². The number of ketones is 3. The summed E-state index contributed by atoms with van der Waals surface area (Å²) in [5, 5.41) is 0. The molecular weight excluding hydrogens is 444 g/mol. The molecule has 1 aliphatic rings. The van der Waals surface area contributed by atoms with Crippen LogP contribution < -0.4 is 22.7 Å². The fourth-order valence-electron chi connectivity index (χ4n) is 3.79. The van der Waals surface area contributed by atoms with Crippen molar-refractivity contribution in [3.63, 3.8) is 0 Å². The molecule has 1 aliphatic carbocycles. The molecule has 0 bridgehead atoms. The van der Waals surface area contributed by atoms with Gasteiger partial charge in [-0.25, -0.2) is 9.59 Å². The molecule has 0 atom stereocenters. The number of hydrogen-bond acceptors (Lipinski definition) is 9. The predicted octanol–water partition coefficient (Wildman–Crippen LogP) is 0.0635. The van der Waals surface area contributed by atoms with Crippen LogP contribution in [0.5, 0.6) is 0 Å². The van der Waals surface area contributed by atoms with Crippen LogP contribution in [0.15, 0.2) is 46.0 Å². The minimum atomic E-state index is -1.05. The second kappa shape index (κ2) is 7.96. The van der Waals surface area contributed by atoms with E-state index in [4.69, 9.17) is 16.2 Å². The molecule has 172 valence electrons. The number of carbonyl (C=O) groups excluding carboxylic acids is 4. The summed E-state index contributed by atoms with van der Waals surface area (Å²) in [6.07, 6.45) is 0. The number of hydrogen-bond donors (Lipinski definition) is 2. The van der Waals surface area contributed by atoms with Crippen LogP contribution in [0.4, 0.5) is 11.5 Å². The molecule has 0 saturated heterocycles. The molecule has 0 aliphatic heterocycles. The Bertz CT molecular complexity index is 1560. The van der Waals surface area contributed by atoms with E-state index in [1.54, 1.807) is 12.1 Å². The number of rotatable bonds is 4. The van der Waals surface area contributed by atoms with E-state index in [1.807, 2.05) is 0 Å². The minimum Gasteiger partial charge on any atom is -0.454 e. The van der Waals surface area contributed by atoms with Crippen molar-refractivity contribution in [2.24, 2.45) is 14.1 Å². The highest BCUT2D eigenvalue weighted by molar-refractivity contribution is 6.30. The standard InChI is InChI=1S/C23H18N4O7/c1-26-20(25)16(21(31)27(2)23(26)33)14(28)9-34-22(32)13-8-7-12-15(17(13)24)19(30)11-6-4-3-5-10(11)18(12)29/h3-8H,9,24-25H2,1-2H3. The van der Waals surface area contributed by atoms with Crippen LogP contribution in [0.1, 0.15) is 52.6 Å². The zero-order valence-corrected chi connectivity index (χ0v) is 18.1. The molecule has 4 rings (SSSR count). The molecule has 0 saturated carbocycles. The van der Waals surface area contributed by atoms with Crippen LogP contribution >= 0.6 is 0 Å². The Kier molecular flexibility index (Phi) is 5.24. The van der Waals surface area contributed by atoms with Gasteiger partial charge in [0.25, 0.3) is 5.56 Å². The Morgan fingerprint density at radius 1 is 0.853 bits per heavy atom. The maximum Gasteiger partial charge on any atom is 0.340 e. The fraction of sp³-hybridized carbons (Fsp3) is 0.130. The van der Waals surface area contributed by atoms with Gasteiger partial charge in [0.2, 0.25) is 5.78 Å². The molecule has 4 N–H and O–H groups in total. The molecule has 0 radical (unpaired) electrons. The number of Topliss-reactive ketones (excluding diaryl/α,β-unsaturated/α-hetero) is 1. The van der Waals surface area contributed by atoms with Crippen LogP contribution in [0.2, 0.25) is 0 Å². The van der Waals surface area contributed by atoms with E-state index in [-0.39, 0.29) is 39.3 Å². The van der Waals surface area contributed by atoms with Crippen molar-refractivity contribution in [2.75, 3.05) is 18.1 Å². The van der Waals surface area contributed by atoms with E-state index in [2.05, 4.69) is 0 Å². The summed E-state index contributed by atoms with van der Waals surface area (Å²) >= 11 is 0. The summed E-state index contributed by atoms with van der Waals surface area (Å²) in [4.78, 5) is 75.2. The lowest BCUT2D eigenvalue weighted by Crippen LogP contribution is -2.42. The average molecular weight is 462 g/mol. The largest absolute Gasteiger partial charge is 0.454 e. The number of ether oxygens (including phenoxy) is 1. The van der Waals surface area contributed by atoms with Crippen LogP contribution in [-0.4, -0.2) is 39.1 Å². The maximum absolute atomic E-state index is 12.9. The van der Waals surface area contributed by atoms with Crippen molar-refractivity contribution in [3.8, 4) is 0 Å². The lowest BCUT2D eigenvalue weighted by Gasteiger charge is -2.20. The number of aromatic nitrogens is 2. The summed E-state index contributed by atoms with van der Waals surface area (Å²) < 4.78 is 6.63. The maximum atomic E-state index is 12.9. The highest BCUT2D eigenvalue weighted by Crippen LogP contribution is 2.32. The molecular formula is C23H18N4O7. The molecule has 1 aromatic heterocycles. The van der Waals surface area contributed by atoms with Gasteiger partial charge in [0.15, 0.2) is 18.2 Å². The quantitative estimate of drug-likeness (QED) is 0.241. The monoisotopic (exact) mass is 462 g/mol. The van der Waals surface area contributed by atoms with Gasteiger partial charge in [0, 0.05) is 30.8 Å². The van der Waals surface area contributed by atoms with Crippen molar-refractivity contribution in [1.29, 1.82) is 0 Å². The molecule has 1 heterocycles. The van der Waals surface area contributed by atoms with Crippen molar-refractivity contribution >= 4 is 34.8 Å². The van der Waals surface area contributed by atoms with Gasteiger partial charge in [-0.1, -0.05) is 24.3 Å². The molecule has 0 unspecified atom stereocenters. The van der Waals surface area contributed by atoms with Gasteiger partial charge in [-0.05, 0) is 12.1 Å². The lowest BCUT2D eigenvalue weighted by molar-refractivity contribution is 0.0475. The van der Waals surface area contributed by atoms with Crippen LogP contribution in [-0.2, 0) is 18.8 Å². The Hall–Kier alpha value is -4.80. The first kappa shape index (κ1) is 22.4. The molecule has 3 aromatic rings. The van der Waals surface area contributed by atoms with E-state index in [0.29, 0.717) is 4.57 Å². The number of nitrogens with two attached hydrogens (primary N) is 2. The van der Waals surface area contributed by atoms with E-state index in [1.165, 1.54) is 38.4 Å². The smallest absolute Gasteiger partial charge is 0.340 e. The van der Waals surface area contributed by atoms with Gasteiger partial charge in [0.05, 0.1) is 16.8 Å². The van der Waals surface area contributed by atoms with Crippen molar-refractivity contribution in [1.82, 2.24) is 9.13 Å². The highest BCUT2D eigenvalue weighted by atomic mass is 16.5. The first-order chi connectivity index (χ1) is 16.1. The number of anilines is 2. The lowest BCUT2D eigenvalue weighted by atomic mass is 9.82. The zero-order valence-electron chi connectivity index (χ0n) is 18.1. The first-order valence-electron chi connectivity index (χ1n) is 9.93. The van der Waals surface area contributed by atoms with Gasteiger partial charge in [-0.3, -0.25) is 28.3 Å². The second-order valence-electron chi connectivity index (χ2n) is 7.62. The minimum absolute atomic E-state index is 0.0512. The van der Waals surface area contributed by atoms with E-state index < -0.39 is 46.7 Å². The van der Waals surface area contributed by atoms with Crippen molar-refractivity contribution in [3.05, 3.63) is 90.6 Å². The number of benzene rings is 2. The van der Waals surface area contributed by atoms with Gasteiger partial charge >= 0.3 is 11.7 Å². The van der Waals surface area contributed by atoms with Crippen LogP contribution in [0.3, 0.4) is 0 Å². The third-order valence-corrected chi connectivity index (χ3v) is 5.68. The Morgan fingerprint density at radius 3 is 2.12 bits per heavy atom. The third kappa shape index (κ3) is 3.22. The van der Waals surface area contributed by atoms with E-state index in [0.717, 1.165) is 4.57 Å². The summed E-state index contributed by atoms with van der Waals surface area (Å²) in [6.45, 7) is -0.872. The summed E-state index contributed by atoms with van der Waals surface area (Å²) in [5.74, 6) is -3.28. The normalized spacial score (nSPS) is 12.2. The topological polar surface area (TPSA) is 174 Å². The number of carbonyl (C=O) groups is 4. The van der Waals surface area contributed by atoms with Gasteiger partial charge in [-0.2, -0.15) is 0 Å². The molecule has 2 aromatic carbocycles. The van der Waals surface area contributed by atoms with E-state index >= 15 is 0 Å². The third-order valence-electron chi connectivity index (χ3n) is 5.68. The molecule has 11 nitrogen and oxygen atoms in total. The predicted molar refractivity (Wildman–Crippen MR) is 120 cm³/mol. The molecule has 0 spiro atoms. The average Bonchev–Trinajstić information content (AvgIpc) is 2.83. The number of fused-ring (bicyclic) bond motifs is 2. The van der Waals surface area contributed by atoms with E-state index in [9.17, 15) is 28.8 Å². The Morgan fingerprint density at radius 2 is 1.47 bits per heavy atom. The van der Waals surface area contributed by atoms with Crippen LogP contribution in [0, 0.1) is 0 Å². The second-order valence-corrected chi connectivity index (χ2v) is 7.62. The first-order valence-corrected chi connectivity index (χ1v) is 9.93. The number of esters is 1. The molecule has 0 amide bonds. The van der Waals surface area contributed by atoms with Gasteiger partial charge in [0.1, 0.15) is 11.4 Å². The Balaban J connectivity index is 1.63. The molecule has 34 heavy (non-hydrogen) atoms. The summed E-state index contributed by atoms with van der Waals surface area (Å²) in [5.41, 5.74) is 9.47. The van der Waals surface area contributed by atoms with Crippen molar-refractivity contribution < 1.29 is 23.9 Å². The summed E-state index contributed by atoms with van der Waals surface area (Å²) in [7, 11) is 2.46. The molecule has 11 heteroatoms. The zero-order chi connectivity index (χ0) is 24.9. The fourth-order valence-corrected chi connectivity index (χ4v) is 3.79. The van der Waals surface area contributed by atoms with Crippen LogP contribution in [0.25, 0.3) is 0 Å². The van der Waals surface area contributed by atoms with Crippen molar-refractivity contribution in [2.45, 2.75) is 0 Å².